The first kappa shape index (κ1) is 35.6. The van der Waals surface area contributed by atoms with E-state index in [2.05, 4.69) is 231 Å². The van der Waals surface area contributed by atoms with E-state index in [0.29, 0.717) is 0 Å². The van der Waals surface area contributed by atoms with Crippen LogP contribution < -0.4 is 4.90 Å². The average molecular weight is 816 g/mol. The van der Waals surface area contributed by atoms with Crippen molar-refractivity contribution in [3.8, 4) is 44.5 Å². The summed E-state index contributed by atoms with van der Waals surface area (Å²) in [5.74, 6) is 0. The highest BCUT2D eigenvalue weighted by Crippen LogP contribution is 2.63. The number of nitrogens with zero attached hydrogens (tertiary/aromatic N) is 1. The highest BCUT2D eigenvalue weighted by Gasteiger charge is 2.51. The first-order valence-corrected chi connectivity index (χ1v) is 22.4. The van der Waals surface area contributed by atoms with Crippen molar-refractivity contribution in [1.82, 2.24) is 0 Å². The monoisotopic (exact) mass is 815 g/mol. The topological polar surface area (TPSA) is 16.4 Å². The fourth-order valence-electron chi connectivity index (χ4n) is 12.1. The van der Waals surface area contributed by atoms with Crippen molar-refractivity contribution in [2.45, 2.75) is 24.7 Å². The largest absolute Gasteiger partial charge is 0.456 e. The quantitative estimate of drug-likeness (QED) is 0.176. The molecule has 0 unspecified atom stereocenters. The van der Waals surface area contributed by atoms with Crippen LogP contribution in [-0.2, 0) is 10.8 Å². The van der Waals surface area contributed by atoms with Crippen molar-refractivity contribution in [2.24, 2.45) is 0 Å². The second-order valence-electron chi connectivity index (χ2n) is 18.3. The van der Waals surface area contributed by atoms with Gasteiger partial charge >= 0.3 is 0 Å². The summed E-state index contributed by atoms with van der Waals surface area (Å²) in [6.45, 7) is 4.74. The fraction of sp³-hybridized carbons (Fsp3) is 0.0645. The molecule has 0 fully saturated rings. The van der Waals surface area contributed by atoms with Crippen LogP contribution in [0.15, 0.2) is 217 Å². The van der Waals surface area contributed by atoms with Crippen molar-refractivity contribution in [3.05, 3.63) is 246 Å². The number of furan rings is 1. The van der Waals surface area contributed by atoms with Crippen molar-refractivity contribution >= 4 is 49.8 Å². The van der Waals surface area contributed by atoms with E-state index in [4.69, 9.17) is 4.42 Å². The summed E-state index contributed by atoms with van der Waals surface area (Å²) >= 11 is 0. The van der Waals surface area contributed by atoms with Crippen molar-refractivity contribution in [3.63, 3.8) is 0 Å². The molecule has 0 amide bonds. The molecule has 14 rings (SSSR count). The Labute approximate surface area is 372 Å². The third-order valence-electron chi connectivity index (χ3n) is 14.9. The van der Waals surface area contributed by atoms with Gasteiger partial charge < -0.3 is 9.32 Å². The Morgan fingerprint density at radius 1 is 0.344 bits per heavy atom. The predicted octanol–water partition coefficient (Wildman–Crippen LogP) is 16.5. The predicted molar refractivity (Wildman–Crippen MR) is 265 cm³/mol. The molecule has 0 N–H and O–H groups in total. The van der Waals surface area contributed by atoms with Gasteiger partial charge in [0.1, 0.15) is 11.2 Å². The Hall–Kier alpha value is -7.94. The van der Waals surface area contributed by atoms with Crippen molar-refractivity contribution in [2.75, 3.05) is 4.90 Å². The molecule has 0 saturated heterocycles. The summed E-state index contributed by atoms with van der Waals surface area (Å²) < 4.78 is 6.98. The van der Waals surface area contributed by atoms with Crippen molar-refractivity contribution in [1.29, 1.82) is 0 Å². The van der Waals surface area contributed by atoms with E-state index >= 15 is 0 Å². The average Bonchev–Trinajstić information content (AvgIpc) is 4.04. The highest BCUT2D eigenvalue weighted by atomic mass is 16.3. The van der Waals surface area contributed by atoms with E-state index in [0.717, 1.165) is 50.1 Å². The van der Waals surface area contributed by atoms with Gasteiger partial charge in [-0.3, -0.25) is 0 Å². The van der Waals surface area contributed by atoms with Gasteiger partial charge in [0, 0.05) is 33.6 Å². The second-order valence-corrected chi connectivity index (χ2v) is 18.3. The summed E-state index contributed by atoms with van der Waals surface area (Å²) in [5, 5.41) is 4.68. The maximum atomic E-state index is 6.98. The summed E-state index contributed by atoms with van der Waals surface area (Å²) in [5.41, 5.74) is 22.5. The zero-order valence-electron chi connectivity index (χ0n) is 35.6. The summed E-state index contributed by atoms with van der Waals surface area (Å²) in [7, 11) is 0. The van der Waals surface area contributed by atoms with Gasteiger partial charge in [-0.05, 0) is 125 Å². The zero-order chi connectivity index (χ0) is 42.3. The molecule has 0 saturated carbocycles. The minimum atomic E-state index is -0.471. The van der Waals surface area contributed by atoms with E-state index in [1.807, 2.05) is 0 Å². The van der Waals surface area contributed by atoms with Gasteiger partial charge in [0.25, 0.3) is 0 Å². The second kappa shape index (κ2) is 12.8. The van der Waals surface area contributed by atoms with E-state index in [9.17, 15) is 0 Å². The van der Waals surface area contributed by atoms with Crippen LogP contribution >= 0.6 is 0 Å². The fourth-order valence-corrected chi connectivity index (χ4v) is 12.1. The highest BCUT2D eigenvalue weighted by molar-refractivity contribution is 6.23. The van der Waals surface area contributed by atoms with Crippen molar-refractivity contribution < 1.29 is 4.42 Å². The maximum Gasteiger partial charge on any atom is 0.138 e. The number of anilines is 3. The molecule has 64 heavy (non-hydrogen) atoms. The number of hydrogen-bond acceptors (Lipinski definition) is 2. The molecule has 2 nitrogen and oxygen atoms in total. The van der Waals surface area contributed by atoms with Gasteiger partial charge in [-0.25, -0.2) is 0 Å². The normalized spacial score (nSPS) is 14.3. The van der Waals surface area contributed by atoms with Crippen LogP contribution in [0.25, 0.3) is 77.2 Å². The van der Waals surface area contributed by atoms with Crippen LogP contribution in [-0.4, -0.2) is 0 Å². The van der Waals surface area contributed by atoms with Gasteiger partial charge in [-0.1, -0.05) is 184 Å². The minimum Gasteiger partial charge on any atom is -0.456 e. The standard InChI is InChI=1S/C62H41NO/c1-61(2)51-24-12-8-20-44(51)48-31-29-40(35-55(48)61)63(42-34-50(38-16-4-3-5-17-38)60-58(37-42)64-57-33-28-39-18-6-7-19-43(39)59(57)60)41-30-32-49-47-23-11-15-27-54(47)62(56(49)36-41)52-25-13-9-21-45(52)46-22-10-14-26-53(46)62/h3-37H,1-2H3. The first-order valence-electron chi connectivity index (χ1n) is 22.4. The molecule has 3 aliphatic rings. The Bertz CT molecular complexity index is 3710. The molecule has 0 aliphatic heterocycles. The molecule has 10 aromatic carbocycles. The van der Waals surface area contributed by atoms with Gasteiger partial charge in [0.15, 0.2) is 0 Å². The van der Waals surface area contributed by atoms with E-state index in [-0.39, 0.29) is 5.41 Å². The molecule has 1 spiro atoms. The maximum absolute atomic E-state index is 6.98. The zero-order valence-corrected chi connectivity index (χ0v) is 35.6. The Balaban J connectivity index is 1.08. The lowest BCUT2D eigenvalue weighted by Gasteiger charge is -2.32. The third-order valence-corrected chi connectivity index (χ3v) is 14.9. The lowest BCUT2D eigenvalue weighted by Crippen LogP contribution is -2.26. The molecule has 1 heterocycles. The number of fused-ring (bicyclic) bond motifs is 18. The SMILES string of the molecule is CC1(C)c2ccccc2-c2ccc(N(c3ccc4c(c3)C3(c5ccccc5-c5ccccc53)c3ccccc3-4)c3cc(-c4ccccc4)c4c(c3)oc3ccc5ccccc5c34)cc21. The van der Waals surface area contributed by atoms with Crippen LogP contribution in [0, 0.1) is 0 Å². The van der Waals surface area contributed by atoms with Crippen LogP contribution in [0.5, 0.6) is 0 Å². The molecule has 300 valence electrons. The Morgan fingerprint density at radius 2 is 0.859 bits per heavy atom. The number of rotatable bonds is 4. The molecule has 0 bridgehead atoms. The number of benzene rings is 10. The van der Waals surface area contributed by atoms with Gasteiger partial charge in [-0.2, -0.15) is 0 Å². The number of hydrogen-bond donors (Lipinski definition) is 0. The van der Waals surface area contributed by atoms with Gasteiger partial charge in [0.05, 0.1) is 11.1 Å². The smallest absolute Gasteiger partial charge is 0.138 e. The van der Waals surface area contributed by atoms with Gasteiger partial charge in [-0.15, -0.1) is 0 Å². The summed E-state index contributed by atoms with van der Waals surface area (Å²) in [6.07, 6.45) is 0. The van der Waals surface area contributed by atoms with Crippen LogP contribution in [0.3, 0.4) is 0 Å². The third kappa shape index (κ3) is 4.59. The van der Waals surface area contributed by atoms with Crippen LogP contribution in [0.4, 0.5) is 17.1 Å². The lowest BCUT2D eigenvalue weighted by molar-refractivity contribution is 0.660. The molecule has 3 aliphatic carbocycles. The van der Waals surface area contributed by atoms with Crippen LogP contribution in [0.1, 0.15) is 47.2 Å². The molecule has 2 heteroatoms. The molecule has 11 aromatic rings. The summed E-state index contributed by atoms with van der Waals surface area (Å²) in [4.78, 5) is 2.49. The molecule has 0 radical (unpaired) electrons. The molecular weight excluding hydrogens is 775 g/mol. The molecule has 0 atom stereocenters. The lowest BCUT2D eigenvalue weighted by atomic mass is 9.70. The first-order chi connectivity index (χ1) is 31.5. The summed E-state index contributed by atoms with van der Waals surface area (Å²) in [6, 6.07) is 79.0. The Morgan fingerprint density at radius 3 is 1.52 bits per heavy atom. The minimum absolute atomic E-state index is 0.173. The van der Waals surface area contributed by atoms with Gasteiger partial charge in [0.2, 0.25) is 0 Å². The molecular formula is C62H41NO. The van der Waals surface area contributed by atoms with E-state index in [1.54, 1.807) is 0 Å². The van der Waals surface area contributed by atoms with Crippen LogP contribution in [0.2, 0.25) is 0 Å². The van der Waals surface area contributed by atoms with E-state index < -0.39 is 5.41 Å². The Kier molecular flexibility index (Phi) is 7.13. The van der Waals surface area contributed by atoms with E-state index in [1.165, 1.54) is 77.5 Å². The molecule has 1 aromatic heterocycles.